The number of carbonyl (C=O) groups is 1. The maximum atomic E-state index is 11.7. The fourth-order valence-corrected chi connectivity index (χ4v) is 1.65. The molecule has 1 aliphatic heterocycles. The zero-order valence-electron chi connectivity index (χ0n) is 8.30. The lowest BCUT2D eigenvalue weighted by atomic mass is 10.2. The van der Waals surface area contributed by atoms with E-state index in [4.69, 9.17) is 10.5 Å². The van der Waals surface area contributed by atoms with Crippen LogP contribution in [0.15, 0.2) is 24.5 Å². The smallest absolute Gasteiger partial charge is 0.253 e. The summed E-state index contributed by atoms with van der Waals surface area (Å²) in [6.07, 6.45) is 3.33. The first-order valence-electron chi connectivity index (χ1n) is 4.83. The molecule has 2 N–H and O–H groups in total. The zero-order chi connectivity index (χ0) is 10.7. The van der Waals surface area contributed by atoms with E-state index in [2.05, 4.69) is 4.98 Å². The molecule has 1 atom stereocenters. The highest BCUT2D eigenvalue weighted by Gasteiger charge is 2.28. The maximum Gasteiger partial charge on any atom is 0.253 e. The van der Waals surface area contributed by atoms with E-state index in [0.29, 0.717) is 13.2 Å². The quantitative estimate of drug-likeness (QED) is 0.727. The second-order valence-corrected chi connectivity index (χ2v) is 3.38. The minimum absolute atomic E-state index is 0.0651. The largest absolute Gasteiger partial charge is 0.369 e. The van der Waals surface area contributed by atoms with Gasteiger partial charge in [0.15, 0.2) is 0 Å². The molecule has 1 unspecified atom stereocenters. The number of anilines is 1. The van der Waals surface area contributed by atoms with Crippen molar-refractivity contribution >= 4 is 11.6 Å². The second-order valence-electron chi connectivity index (χ2n) is 3.38. The number of hydrogen-bond donors (Lipinski definition) is 1. The van der Waals surface area contributed by atoms with Crippen molar-refractivity contribution < 1.29 is 9.53 Å². The van der Waals surface area contributed by atoms with Crippen LogP contribution in [0.1, 0.15) is 0 Å². The molecule has 80 valence electrons. The van der Waals surface area contributed by atoms with E-state index in [1.54, 1.807) is 23.4 Å². The van der Waals surface area contributed by atoms with Gasteiger partial charge in [0.05, 0.1) is 24.5 Å². The number of morpholine rings is 1. The number of aromatic nitrogens is 1. The molecule has 2 rings (SSSR count). The lowest BCUT2D eigenvalue weighted by Crippen LogP contribution is -2.53. The van der Waals surface area contributed by atoms with Crippen molar-refractivity contribution in [3.8, 4) is 0 Å². The number of rotatable bonds is 2. The molecule has 1 saturated heterocycles. The van der Waals surface area contributed by atoms with Crippen molar-refractivity contribution in [3.63, 3.8) is 0 Å². The number of hydrogen-bond acceptors (Lipinski definition) is 4. The molecule has 0 saturated carbocycles. The number of nitrogens with two attached hydrogens (primary N) is 1. The Hall–Kier alpha value is -1.46. The fourth-order valence-electron chi connectivity index (χ4n) is 1.65. The molecule has 0 spiro atoms. The molecule has 5 nitrogen and oxygen atoms in total. The lowest BCUT2D eigenvalue weighted by Gasteiger charge is -2.34. The summed E-state index contributed by atoms with van der Waals surface area (Å²) in [4.78, 5) is 17.3. The predicted octanol–water partition coefficient (Wildman–Crippen LogP) is -0.228. The van der Waals surface area contributed by atoms with Crippen molar-refractivity contribution in [3.05, 3.63) is 24.5 Å². The summed E-state index contributed by atoms with van der Waals surface area (Å²) in [5.41, 5.74) is 6.38. The van der Waals surface area contributed by atoms with Crippen LogP contribution >= 0.6 is 0 Å². The van der Waals surface area contributed by atoms with Crippen molar-refractivity contribution in [2.45, 2.75) is 6.04 Å². The summed E-state index contributed by atoms with van der Waals surface area (Å²) in [7, 11) is 0. The Labute approximate surface area is 87.8 Å². The monoisotopic (exact) mass is 207 g/mol. The molecular formula is C10H13N3O2. The summed E-state index contributed by atoms with van der Waals surface area (Å²) >= 11 is 0. The first-order chi connectivity index (χ1) is 7.33. The summed E-state index contributed by atoms with van der Waals surface area (Å²) in [6.45, 7) is 0.989. The highest BCUT2D eigenvalue weighted by atomic mass is 16.5. The van der Waals surface area contributed by atoms with Crippen molar-refractivity contribution in [2.24, 2.45) is 5.73 Å². The second kappa shape index (κ2) is 4.37. The Morgan fingerprint density at radius 3 is 3.20 bits per heavy atom. The third-order valence-electron chi connectivity index (χ3n) is 2.37. The van der Waals surface area contributed by atoms with E-state index in [-0.39, 0.29) is 18.6 Å². The summed E-state index contributed by atoms with van der Waals surface area (Å²) in [5.74, 6) is -0.0651. The lowest BCUT2D eigenvalue weighted by molar-refractivity contribution is -0.127. The average molecular weight is 207 g/mol. The molecule has 1 aromatic heterocycles. The molecule has 1 fully saturated rings. The molecule has 0 bridgehead atoms. The van der Waals surface area contributed by atoms with E-state index in [0.717, 1.165) is 5.69 Å². The van der Waals surface area contributed by atoms with Crippen molar-refractivity contribution in [1.29, 1.82) is 0 Å². The van der Waals surface area contributed by atoms with Gasteiger partial charge < -0.3 is 15.4 Å². The Kier molecular flexibility index (Phi) is 2.94. The average Bonchev–Trinajstić information content (AvgIpc) is 2.29. The Bertz CT molecular complexity index is 342. The van der Waals surface area contributed by atoms with Crippen LogP contribution in [0.4, 0.5) is 5.69 Å². The van der Waals surface area contributed by atoms with E-state index >= 15 is 0 Å². The van der Waals surface area contributed by atoms with Gasteiger partial charge in [-0.1, -0.05) is 0 Å². The zero-order valence-corrected chi connectivity index (χ0v) is 8.30. The maximum absolute atomic E-state index is 11.7. The fraction of sp³-hybridized carbons (Fsp3) is 0.400. The summed E-state index contributed by atoms with van der Waals surface area (Å²) in [6, 6.07) is 3.56. The van der Waals surface area contributed by atoms with Gasteiger partial charge in [0.1, 0.15) is 6.61 Å². The van der Waals surface area contributed by atoms with Gasteiger partial charge in [0.2, 0.25) is 0 Å². The van der Waals surface area contributed by atoms with Crippen LogP contribution in [0, 0.1) is 0 Å². The highest BCUT2D eigenvalue weighted by molar-refractivity contribution is 5.95. The van der Waals surface area contributed by atoms with Crippen LogP contribution in [0.3, 0.4) is 0 Å². The van der Waals surface area contributed by atoms with Crippen LogP contribution in [0.2, 0.25) is 0 Å². The number of nitrogens with zero attached hydrogens (tertiary/aromatic N) is 2. The number of carbonyl (C=O) groups excluding carboxylic acids is 1. The van der Waals surface area contributed by atoms with Crippen LogP contribution in [0.25, 0.3) is 0 Å². The number of ether oxygens (including phenoxy) is 1. The molecule has 15 heavy (non-hydrogen) atoms. The number of pyridine rings is 1. The normalized spacial score (nSPS) is 21.8. The van der Waals surface area contributed by atoms with Gasteiger partial charge in [-0.25, -0.2) is 0 Å². The van der Waals surface area contributed by atoms with Crippen LogP contribution in [-0.2, 0) is 9.53 Å². The summed E-state index contributed by atoms with van der Waals surface area (Å²) in [5, 5.41) is 0. The molecule has 0 aliphatic carbocycles. The van der Waals surface area contributed by atoms with Crippen molar-refractivity contribution in [2.75, 3.05) is 24.7 Å². The molecule has 1 amide bonds. The van der Waals surface area contributed by atoms with Gasteiger partial charge in [-0.3, -0.25) is 9.78 Å². The van der Waals surface area contributed by atoms with E-state index in [1.165, 1.54) is 0 Å². The molecule has 2 heterocycles. The van der Waals surface area contributed by atoms with Crippen LogP contribution in [0.5, 0.6) is 0 Å². The molecule has 0 aromatic carbocycles. The SMILES string of the molecule is NCC1COCC(=O)N1c1cccnc1. The Balaban J connectivity index is 2.27. The molecule has 0 radical (unpaired) electrons. The third kappa shape index (κ3) is 1.98. The Morgan fingerprint density at radius 1 is 1.67 bits per heavy atom. The van der Waals surface area contributed by atoms with Crippen LogP contribution in [-0.4, -0.2) is 36.7 Å². The van der Waals surface area contributed by atoms with E-state index in [1.807, 2.05) is 6.07 Å². The first-order valence-corrected chi connectivity index (χ1v) is 4.83. The third-order valence-corrected chi connectivity index (χ3v) is 2.37. The first kappa shape index (κ1) is 10.1. The van der Waals surface area contributed by atoms with Gasteiger partial charge >= 0.3 is 0 Å². The number of amides is 1. The summed E-state index contributed by atoms with van der Waals surface area (Å²) < 4.78 is 5.15. The Morgan fingerprint density at radius 2 is 2.53 bits per heavy atom. The van der Waals surface area contributed by atoms with Gasteiger partial charge in [-0.05, 0) is 12.1 Å². The standard InChI is InChI=1S/C10H13N3O2/c11-4-9-6-15-7-10(14)13(9)8-2-1-3-12-5-8/h1-3,5,9H,4,6-7,11H2. The van der Waals surface area contributed by atoms with Crippen LogP contribution < -0.4 is 10.6 Å². The highest BCUT2D eigenvalue weighted by Crippen LogP contribution is 2.18. The van der Waals surface area contributed by atoms with Crippen molar-refractivity contribution in [1.82, 2.24) is 4.98 Å². The van der Waals surface area contributed by atoms with Gasteiger partial charge in [0, 0.05) is 12.7 Å². The van der Waals surface area contributed by atoms with E-state index < -0.39 is 0 Å². The molecule has 1 aromatic rings. The minimum atomic E-state index is -0.0875. The topological polar surface area (TPSA) is 68.5 Å². The van der Waals surface area contributed by atoms with Gasteiger partial charge in [0.25, 0.3) is 5.91 Å². The van der Waals surface area contributed by atoms with Gasteiger partial charge in [-0.2, -0.15) is 0 Å². The molecular weight excluding hydrogens is 194 g/mol. The predicted molar refractivity (Wildman–Crippen MR) is 55.4 cm³/mol. The van der Waals surface area contributed by atoms with Gasteiger partial charge in [-0.15, -0.1) is 0 Å². The minimum Gasteiger partial charge on any atom is -0.369 e. The molecule has 5 heteroatoms. The van der Waals surface area contributed by atoms with E-state index in [9.17, 15) is 4.79 Å². The molecule has 1 aliphatic rings.